The molecule has 1 aromatic carbocycles. The molecule has 86 valence electrons. The molecule has 1 atom stereocenters. The number of ether oxygens (including phenoxy) is 1. The Balaban J connectivity index is 1.94. The summed E-state index contributed by atoms with van der Waals surface area (Å²) < 4.78 is 5.24. The van der Waals surface area contributed by atoms with Gasteiger partial charge in [0, 0.05) is 0 Å². The summed E-state index contributed by atoms with van der Waals surface area (Å²) in [4.78, 5) is 11.6. The molecular weight excluding hydrogens is 204 g/mol. The second-order valence-corrected chi connectivity index (χ2v) is 4.16. The highest BCUT2D eigenvalue weighted by Crippen LogP contribution is 2.23. The molecule has 0 aliphatic heterocycles. The van der Waals surface area contributed by atoms with Crippen LogP contribution in [0.3, 0.4) is 0 Å². The van der Waals surface area contributed by atoms with Crippen LogP contribution in [0.2, 0.25) is 0 Å². The highest BCUT2D eigenvalue weighted by molar-refractivity contribution is 5.76. The van der Waals surface area contributed by atoms with E-state index in [1.165, 1.54) is 0 Å². The molecule has 1 unspecified atom stereocenters. The predicted octanol–water partition coefficient (Wildman–Crippen LogP) is 2.21. The number of benzene rings is 1. The minimum atomic E-state index is -1.15. The third-order valence-electron chi connectivity index (χ3n) is 2.92. The summed E-state index contributed by atoms with van der Waals surface area (Å²) in [6, 6.07) is 8.88. The van der Waals surface area contributed by atoms with Crippen LogP contribution < -0.4 is 0 Å². The predicted molar refractivity (Wildman–Crippen MR) is 59.7 cm³/mol. The normalized spacial score (nSPS) is 18.3. The van der Waals surface area contributed by atoms with E-state index in [0.717, 1.165) is 25.7 Å². The lowest BCUT2D eigenvalue weighted by molar-refractivity contribution is -0.159. The van der Waals surface area contributed by atoms with Crippen molar-refractivity contribution in [2.24, 2.45) is 0 Å². The molecule has 3 nitrogen and oxygen atoms in total. The lowest BCUT2D eigenvalue weighted by Crippen LogP contribution is -2.21. The van der Waals surface area contributed by atoms with Crippen molar-refractivity contribution in [3.05, 3.63) is 35.9 Å². The molecule has 0 heterocycles. The van der Waals surface area contributed by atoms with Crippen LogP contribution in [-0.4, -0.2) is 17.2 Å². The van der Waals surface area contributed by atoms with Gasteiger partial charge in [-0.15, -0.1) is 0 Å². The molecule has 16 heavy (non-hydrogen) atoms. The molecule has 0 spiro atoms. The summed E-state index contributed by atoms with van der Waals surface area (Å²) in [5, 5.41) is 9.77. The topological polar surface area (TPSA) is 46.5 Å². The summed E-state index contributed by atoms with van der Waals surface area (Å²) in [5.41, 5.74) is 0.588. The summed E-state index contributed by atoms with van der Waals surface area (Å²) in [5.74, 6) is -0.530. The zero-order valence-electron chi connectivity index (χ0n) is 9.13. The number of carbonyl (C=O) groups excluding carboxylic acids is 1. The van der Waals surface area contributed by atoms with Crippen molar-refractivity contribution >= 4 is 5.97 Å². The van der Waals surface area contributed by atoms with E-state index in [2.05, 4.69) is 0 Å². The largest absolute Gasteiger partial charge is 0.460 e. The quantitative estimate of drug-likeness (QED) is 0.794. The van der Waals surface area contributed by atoms with Crippen LogP contribution >= 0.6 is 0 Å². The van der Waals surface area contributed by atoms with Crippen molar-refractivity contribution in [1.82, 2.24) is 0 Å². The first kappa shape index (κ1) is 11.1. The molecule has 0 aromatic heterocycles. The van der Waals surface area contributed by atoms with Gasteiger partial charge in [-0.05, 0) is 31.2 Å². The Labute approximate surface area is 95.0 Å². The lowest BCUT2D eigenvalue weighted by Gasteiger charge is -2.15. The molecule has 1 N–H and O–H groups in total. The molecular formula is C13H16O3. The van der Waals surface area contributed by atoms with Gasteiger partial charge < -0.3 is 9.84 Å². The number of hydrogen-bond acceptors (Lipinski definition) is 3. The van der Waals surface area contributed by atoms with Crippen LogP contribution in [0.25, 0.3) is 0 Å². The first-order chi connectivity index (χ1) is 7.77. The highest BCUT2D eigenvalue weighted by atomic mass is 16.6. The first-order valence-electron chi connectivity index (χ1n) is 5.71. The number of rotatable bonds is 3. The van der Waals surface area contributed by atoms with Gasteiger partial charge in [-0.1, -0.05) is 30.3 Å². The fourth-order valence-electron chi connectivity index (χ4n) is 2.01. The maximum absolute atomic E-state index is 11.6. The molecule has 1 aromatic rings. The molecule has 0 amide bonds. The number of hydrogen-bond donors (Lipinski definition) is 1. The third-order valence-corrected chi connectivity index (χ3v) is 2.92. The van der Waals surface area contributed by atoms with Gasteiger partial charge in [0.25, 0.3) is 0 Å². The van der Waals surface area contributed by atoms with E-state index in [0.29, 0.717) is 5.56 Å². The molecule has 1 aliphatic carbocycles. The number of aliphatic hydroxyl groups excluding tert-OH is 1. The van der Waals surface area contributed by atoms with Crippen LogP contribution in [0.1, 0.15) is 37.4 Å². The van der Waals surface area contributed by atoms with Gasteiger partial charge in [0.05, 0.1) is 0 Å². The van der Waals surface area contributed by atoms with E-state index in [9.17, 15) is 9.90 Å². The monoisotopic (exact) mass is 220 g/mol. The summed E-state index contributed by atoms with van der Waals surface area (Å²) in [6.45, 7) is 0. The smallest absolute Gasteiger partial charge is 0.339 e. The van der Waals surface area contributed by atoms with Crippen molar-refractivity contribution in [2.45, 2.75) is 37.9 Å². The number of carbonyl (C=O) groups is 1. The molecule has 0 saturated heterocycles. The first-order valence-corrected chi connectivity index (χ1v) is 5.71. The molecule has 0 radical (unpaired) electrons. The molecule has 3 heteroatoms. The molecule has 2 rings (SSSR count). The van der Waals surface area contributed by atoms with Gasteiger partial charge in [-0.25, -0.2) is 4.79 Å². The van der Waals surface area contributed by atoms with Crippen molar-refractivity contribution in [2.75, 3.05) is 0 Å². The average Bonchev–Trinajstić information content (AvgIpc) is 2.82. The van der Waals surface area contributed by atoms with E-state index < -0.39 is 12.1 Å². The fraction of sp³-hybridized carbons (Fsp3) is 0.462. The highest BCUT2D eigenvalue weighted by Gasteiger charge is 2.24. The van der Waals surface area contributed by atoms with Crippen LogP contribution in [0.15, 0.2) is 30.3 Å². The number of esters is 1. The Morgan fingerprint density at radius 2 is 1.88 bits per heavy atom. The SMILES string of the molecule is O=C(OC1CCCC1)C(O)c1ccccc1. The van der Waals surface area contributed by atoms with Crippen LogP contribution in [0, 0.1) is 0 Å². The third kappa shape index (κ3) is 2.61. The van der Waals surface area contributed by atoms with Gasteiger partial charge in [-0.3, -0.25) is 0 Å². The van der Waals surface area contributed by atoms with E-state index >= 15 is 0 Å². The summed E-state index contributed by atoms with van der Waals surface area (Å²) in [6.07, 6.45) is 2.92. The van der Waals surface area contributed by atoms with E-state index in [1.54, 1.807) is 24.3 Å². The van der Waals surface area contributed by atoms with Crippen LogP contribution in [0.5, 0.6) is 0 Å². The lowest BCUT2D eigenvalue weighted by atomic mass is 10.1. The van der Waals surface area contributed by atoms with Crippen molar-refractivity contribution in [1.29, 1.82) is 0 Å². The zero-order chi connectivity index (χ0) is 11.4. The van der Waals surface area contributed by atoms with Gasteiger partial charge in [0.1, 0.15) is 6.10 Å². The second kappa shape index (κ2) is 5.12. The Bertz CT molecular complexity index is 341. The Morgan fingerprint density at radius 1 is 1.25 bits per heavy atom. The fourth-order valence-corrected chi connectivity index (χ4v) is 2.01. The van der Waals surface area contributed by atoms with Crippen molar-refractivity contribution in [3.8, 4) is 0 Å². The zero-order valence-corrected chi connectivity index (χ0v) is 9.13. The Kier molecular flexibility index (Phi) is 3.57. The molecule has 1 aliphatic rings. The van der Waals surface area contributed by atoms with Gasteiger partial charge in [0.15, 0.2) is 6.10 Å². The minimum Gasteiger partial charge on any atom is -0.460 e. The summed E-state index contributed by atoms with van der Waals surface area (Å²) in [7, 11) is 0. The maximum atomic E-state index is 11.6. The second-order valence-electron chi connectivity index (χ2n) is 4.16. The summed E-state index contributed by atoms with van der Waals surface area (Å²) >= 11 is 0. The average molecular weight is 220 g/mol. The van der Waals surface area contributed by atoms with E-state index in [4.69, 9.17) is 4.74 Å². The molecule has 1 saturated carbocycles. The van der Waals surface area contributed by atoms with E-state index in [1.807, 2.05) is 6.07 Å². The van der Waals surface area contributed by atoms with Gasteiger partial charge in [-0.2, -0.15) is 0 Å². The molecule has 1 fully saturated rings. The Morgan fingerprint density at radius 3 is 2.50 bits per heavy atom. The van der Waals surface area contributed by atoms with Crippen LogP contribution in [-0.2, 0) is 9.53 Å². The number of aliphatic hydroxyl groups is 1. The van der Waals surface area contributed by atoms with Gasteiger partial charge >= 0.3 is 5.97 Å². The van der Waals surface area contributed by atoms with E-state index in [-0.39, 0.29) is 6.10 Å². The maximum Gasteiger partial charge on any atom is 0.339 e. The van der Waals surface area contributed by atoms with Crippen LogP contribution in [0.4, 0.5) is 0 Å². The molecule has 0 bridgehead atoms. The standard InChI is InChI=1S/C13H16O3/c14-12(10-6-2-1-3-7-10)13(15)16-11-8-4-5-9-11/h1-3,6-7,11-12,14H,4-5,8-9H2. The van der Waals surface area contributed by atoms with Crippen molar-refractivity contribution < 1.29 is 14.6 Å². The van der Waals surface area contributed by atoms with Crippen molar-refractivity contribution in [3.63, 3.8) is 0 Å². The Hall–Kier alpha value is -1.35. The minimum absolute atomic E-state index is 0.00543. The van der Waals surface area contributed by atoms with Gasteiger partial charge in [0.2, 0.25) is 0 Å².